The molecule has 0 saturated heterocycles. The van der Waals surface area contributed by atoms with Crippen molar-refractivity contribution in [2.75, 3.05) is 5.43 Å². The van der Waals surface area contributed by atoms with Crippen molar-refractivity contribution in [1.82, 2.24) is 0 Å². The number of halogens is 1. The number of hydrogen-bond acceptors (Lipinski definition) is 3. The first-order valence-corrected chi connectivity index (χ1v) is 6.17. The molecule has 0 spiro atoms. The predicted molar refractivity (Wildman–Crippen MR) is 78.5 cm³/mol. The van der Waals surface area contributed by atoms with Crippen LogP contribution in [0.3, 0.4) is 0 Å². The van der Waals surface area contributed by atoms with E-state index in [0.29, 0.717) is 0 Å². The fourth-order valence-corrected chi connectivity index (χ4v) is 1.96. The number of nitrogens with zero attached hydrogens (tertiary/aromatic N) is 1. The molecule has 0 radical (unpaired) electrons. The third kappa shape index (κ3) is 3.20. The van der Waals surface area contributed by atoms with Gasteiger partial charge < -0.3 is 5.11 Å². The molecule has 0 aromatic heterocycles. The Morgan fingerprint density at radius 2 is 1.82 bits per heavy atom. The molecule has 0 fully saturated rings. The van der Waals surface area contributed by atoms with Gasteiger partial charge in [0.2, 0.25) is 0 Å². The smallest absolute Gasteiger partial charge is 0.125 e. The number of phenolic OH excluding ortho intramolecular Hbond substituents is 1. The lowest BCUT2D eigenvalue weighted by atomic mass is 10.2. The topological polar surface area (TPSA) is 44.6 Å². The van der Waals surface area contributed by atoms with Crippen LogP contribution in [-0.4, -0.2) is 11.3 Å². The highest BCUT2D eigenvalue weighted by Crippen LogP contribution is 2.20. The van der Waals surface area contributed by atoms with Gasteiger partial charge in [0.1, 0.15) is 5.75 Å². The molecule has 0 atom stereocenters. The average molecular weight is 338 g/mol. The summed E-state index contributed by atoms with van der Waals surface area (Å²) in [5, 5.41) is 13.8. The number of nitrogens with one attached hydrogen (secondary N) is 1. The summed E-state index contributed by atoms with van der Waals surface area (Å²) in [5.41, 5.74) is 4.53. The largest absolute Gasteiger partial charge is 0.507 e. The fraction of sp³-hybridized carbons (Fsp3) is 0. The van der Waals surface area contributed by atoms with Crippen LogP contribution in [0, 0.1) is 3.57 Å². The molecule has 3 nitrogen and oxygen atoms in total. The lowest BCUT2D eigenvalue weighted by molar-refractivity contribution is 0.474. The van der Waals surface area contributed by atoms with E-state index in [4.69, 9.17) is 0 Å². The van der Waals surface area contributed by atoms with Crippen molar-refractivity contribution in [2.24, 2.45) is 5.10 Å². The Hall–Kier alpha value is -1.56. The van der Waals surface area contributed by atoms with Gasteiger partial charge in [-0.25, -0.2) is 0 Å². The summed E-state index contributed by atoms with van der Waals surface area (Å²) in [4.78, 5) is 0. The number of aromatic hydroxyl groups is 1. The summed E-state index contributed by atoms with van der Waals surface area (Å²) < 4.78 is 0.959. The second kappa shape index (κ2) is 5.67. The van der Waals surface area contributed by atoms with Crippen molar-refractivity contribution in [1.29, 1.82) is 0 Å². The number of benzene rings is 2. The fourth-order valence-electron chi connectivity index (χ4n) is 1.34. The molecule has 0 aliphatic rings. The molecular weight excluding hydrogens is 327 g/mol. The van der Waals surface area contributed by atoms with Gasteiger partial charge in [0.25, 0.3) is 0 Å². The number of anilines is 1. The molecule has 2 aromatic rings. The van der Waals surface area contributed by atoms with E-state index in [1.54, 1.807) is 18.3 Å². The highest BCUT2D eigenvalue weighted by atomic mass is 127. The van der Waals surface area contributed by atoms with Gasteiger partial charge in [-0.3, -0.25) is 5.43 Å². The first-order chi connectivity index (χ1) is 8.27. The van der Waals surface area contributed by atoms with Crippen LogP contribution in [0.5, 0.6) is 5.75 Å². The van der Waals surface area contributed by atoms with E-state index in [1.807, 2.05) is 36.4 Å². The number of rotatable bonds is 3. The van der Waals surface area contributed by atoms with Crippen molar-refractivity contribution in [3.63, 3.8) is 0 Å². The van der Waals surface area contributed by atoms with Gasteiger partial charge in [0.05, 0.1) is 11.9 Å². The van der Waals surface area contributed by atoms with Crippen LogP contribution in [0.25, 0.3) is 0 Å². The van der Waals surface area contributed by atoms with E-state index in [1.165, 1.54) is 0 Å². The van der Waals surface area contributed by atoms with E-state index in [0.717, 1.165) is 14.8 Å². The van der Waals surface area contributed by atoms with Crippen molar-refractivity contribution >= 4 is 34.5 Å². The van der Waals surface area contributed by atoms with Crippen LogP contribution >= 0.6 is 22.6 Å². The Morgan fingerprint density at radius 1 is 1.06 bits per heavy atom. The monoisotopic (exact) mass is 338 g/mol. The minimum absolute atomic E-state index is 0.232. The molecule has 0 aliphatic carbocycles. The van der Waals surface area contributed by atoms with Gasteiger partial charge in [0, 0.05) is 9.13 Å². The number of hydrazone groups is 1. The van der Waals surface area contributed by atoms with Crippen LogP contribution in [-0.2, 0) is 0 Å². The molecule has 17 heavy (non-hydrogen) atoms. The van der Waals surface area contributed by atoms with E-state index in [-0.39, 0.29) is 5.75 Å². The van der Waals surface area contributed by atoms with Gasteiger partial charge in [-0.2, -0.15) is 5.10 Å². The standard InChI is InChI=1S/C13H11IN2O/c14-12-7-4-8-13(17)11(12)9-15-16-10-5-2-1-3-6-10/h1-9,16-17H. The molecule has 0 unspecified atom stereocenters. The van der Waals surface area contributed by atoms with Crippen LogP contribution in [0.15, 0.2) is 53.6 Å². The zero-order valence-electron chi connectivity index (χ0n) is 8.97. The van der Waals surface area contributed by atoms with E-state index >= 15 is 0 Å². The molecule has 4 heteroatoms. The number of hydrogen-bond donors (Lipinski definition) is 2. The third-order valence-corrected chi connectivity index (χ3v) is 3.13. The summed E-state index contributed by atoms with van der Waals surface area (Å²) in [6.07, 6.45) is 1.62. The van der Waals surface area contributed by atoms with Crippen LogP contribution in [0.1, 0.15) is 5.56 Å². The van der Waals surface area contributed by atoms with Crippen molar-refractivity contribution in [3.05, 3.63) is 57.7 Å². The molecule has 0 saturated carbocycles. The van der Waals surface area contributed by atoms with Gasteiger partial charge in [-0.15, -0.1) is 0 Å². The minimum Gasteiger partial charge on any atom is -0.507 e. The van der Waals surface area contributed by atoms with Crippen LogP contribution < -0.4 is 5.43 Å². The Bertz CT molecular complexity index is 506. The SMILES string of the molecule is Oc1cccc(I)c1C=NNc1ccccc1. The average Bonchev–Trinajstić information content (AvgIpc) is 2.34. The molecular formula is C13H11IN2O. The quantitative estimate of drug-likeness (QED) is 0.512. The Balaban J connectivity index is 2.11. The summed E-state index contributed by atoms with van der Waals surface area (Å²) in [6, 6.07) is 15.0. The Kier molecular flexibility index (Phi) is 3.98. The predicted octanol–water partition coefficient (Wildman–Crippen LogP) is 3.44. The summed E-state index contributed by atoms with van der Waals surface area (Å²) in [6.45, 7) is 0. The van der Waals surface area contributed by atoms with Gasteiger partial charge in [0.15, 0.2) is 0 Å². The van der Waals surface area contributed by atoms with E-state index < -0.39 is 0 Å². The second-order valence-corrected chi connectivity index (χ2v) is 4.57. The van der Waals surface area contributed by atoms with Crippen LogP contribution in [0.2, 0.25) is 0 Å². The lowest BCUT2D eigenvalue weighted by Gasteiger charge is -2.02. The normalized spacial score (nSPS) is 10.6. The highest BCUT2D eigenvalue weighted by Gasteiger charge is 2.01. The summed E-state index contributed by atoms with van der Waals surface area (Å²) in [5.74, 6) is 0.232. The lowest BCUT2D eigenvalue weighted by Crippen LogP contribution is -1.92. The van der Waals surface area contributed by atoms with Gasteiger partial charge in [-0.05, 0) is 46.9 Å². The molecule has 0 bridgehead atoms. The maximum atomic E-state index is 9.66. The molecule has 0 heterocycles. The van der Waals surface area contributed by atoms with Gasteiger partial charge in [-0.1, -0.05) is 24.3 Å². The zero-order chi connectivity index (χ0) is 12.1. The van der Waals surface area contributed by atoms with E-state index in [9.17, 15) is 5.11 Å². The maximum Gasteiger partial charge on any atom is 0.125 e. The third-order valence-electron chi connectivity index (χ3n) is 2.19. The van der Waals surface area contributed by atoms with Crippen molar-refractivity contribution in [2.45, 2.75) is 0 Å². The minimum atomic E-state index is 0.232. The highest BCUT2D eigenvalue weighted by molar-refractivity contribution is 14.1. The first kappa shape index (κ1) is 11.9. The first-order valence-electron chi connectivity index (χ1n) is 5.09. The summed E-state index contributed by atoms with van der Waals surface area (Å²) in [7, 11) is 0. The molecule has 2 rings (SSSR count). The molecule has 0 aliphatic heterocycles. The maximum absolute atomic E-state index is 9.66. The molecule has 2 N–H and O–H groups in total. The zero-order valence-corrected chi connectivity index (χ0v) is 11.1. The van der Waals surface area contributed by atoms with Crippen molar-refractivity contribution < 1.29 is 5.11 Å². The van der Waals surface area contributed by atoms with E-state index in [2.05, 4.69) is 33.1 Å². The molecule has 0 amide bonds. The second-order valence-electron chi connectivity index (χ2n) is 3.41. The Morgan fingerprint density at radius 3 is 2.53 bits per heavy atom. The van der Waals surface area contributed by atoms with Crippen molar-refractivity contribution in [3.8, 4) is 5.75 Å². The molecule has 86 valence electrons. The number of para-hydroxylation sites is 1. The number of phenols is 1. The van der Waals surface area contributed by atoms with Gasteiger partial charge >= 0.3 is 0 Å². The summed E-state index contributed by atoms with van der Waals surface area (Å²) >= 11 is 2.16. The molecule has 2 aromatic carbocycles. The Labute approximate surface area is 113 Å². The van der Waals surface area contributed by atoms with Crippen LogP contribution in [0.4, 0.5) is 5.69 Å².